The normalized spacial score (nSPS) is 20.6. The Morgan fingerprint density at radius 1 is 1.08 bits per heavy atom. The van der Waals surface area contributed by atoms with Crippen LogP contribution in [0.5, 0.6) is 0 Å². The lowest BCUT2D eigenvalue weighted by Gasteiger charge is -2.49. The quantitative estimate of drug-likeness (QED) is 0.898. The molecule has 1 aromatic heterocycles. The molecule has 2 aromatic rings. The average molecular weight is 339 g/mol. The first kappa shape index (κ1) is 16.5. The zero-order valence-electron chi connectivity index (χ0n) is 14.5. The van der Waals surface area contributed by atoms with Gasteiger partial charge in [0.15, 0.2) is 0 Å². The van der Waals surface area contributed by atoms with Gasteiger partial charge in [0.2, 0.25) is 0 Å². The number of hydrogen-bond acceptors (Lipinski definition) is 4. The molecule has 1 aromatic carbocycles. The average Bonchev–Trinajstić information content (AvgIpc) is 2.66. The second-order valence-electron chi connectivity index (χ2n) is 7.03. The van der Waals surface area contributed by atoms with Crippen LogP contribution in [0.1, 0.15) is 18.4 Å². The molecule has 0 radical (unpaired) electrons. The predicted octanol–water partition coefficient (Wildman–Crippen LogP) is 2.00. The van der Waals surface area contributed by atoms with E-state index in [0.29, 0.717) is 6.54 Å². The molecular formula is C20H25N3O2. The molecule has 2 saturated heterocycles. The molecule has 5 nitrogen and oxygen atoms in total. The molecular weight excluding hydrogens is 314 g/mol. The van der Waals surface area contributed by atoms with E-state index < -0.39 is 0 Å². The molecule has 25 heavy (non-hydrogen) atoms. The van der Waals surface area contributed by atoms with Gasteiger partial charge in [-0.15, -0.1) is 0 Å². The standard InChI is InChI=1S/C20H25N3O2/c24-19-17(6-7-18(22-19)16-4-2-1-3-5-16)14-23-11-10-21-15-20(23)8-12-25-13-9-20/h1-7,21H,8-15H2,(H,22,24). The first-order valence-corrected chi connectivity index (χ1v) is 9.08. The van der Waals surface area contributed by atoms with Crippen LogP contribution >= 0.6 is 0 Å². The number of aromatic nitrogens is 1. The van der Waals surface area contributed by atoms with Gasteiger partial charge < -0.3 is 15.0 Å². The van der Waals surface area contributed by atoms with Crippen LogP contribution in [0.4, 0.5) is 0 Å². The van der Waals surface area contributed by atoms with E-state index in [9.17, 15) is 4.79 Å². The summed E-state index contributed by atoms with van der Waals surface area (Å²) in [4.78, 5) is 18.2. The van der Waals surface area contributed by atoms with E-state index in [1.165, 1.54) is 0 Å². The van der Waals surface area contributed by atoms with Crippen molar-refractivity contribution in [3.8, 4) is 11.3 Å². The van der Waals surface area contributed by atoms with Gasteiger partial charge in [0, 0.05) is 56.2 Å². The van der Waals surface area contributed by atoms with E-state index in [0.717, 1.165) is 62.5 Å². The fourth-order valence-corrected chi connectivity index (χ4v) is 4.00. The molecule has 5 heteroatoms. The highest BCUT2D eigenvalue weighted by molar-refractivity contribution is 5.58. The first-order chi connectivity index (χ1) is 12.3. The Hall–Kier alpha value is -1.95. The lowest BCUT2D eigenvalue weighted by Crippen LogP contribution is -2.63. The smallest absolute Gasteiger partial charge is 0.252 e. The summed E-state index contributed by atoms with van der Waals surface area (Å²) < 4.78 is 5.56. The van der Waals surface area contributed by atoms with Gasteiger partial charge in [0.25, 0.3) is 5.56 Å². The highest BCUT2D eigenvalue weighted by Gasteiger charge is 2.40. The number of nitrogens with one attached hydrogen (secondary N) is 2. The van der Waals surface area contributed by atoms with E-state index in [-0.39, 0.29) is 11.1 Å². The molecule has 0 unspecified atom stereocenters. The Bertz CT molecular complexity index is 758. The minimum absolute atomic E-state index is 0.0158. The van der Waals surface area contributed by atoms with Gasteiger partial charge in [-0.1, -0.05) is 36.4 Å². The predicted molar refractivity (Wildman–Crippen MR) is 98.6 cm³/mol. The number of ether oxygens (including phenoxy) is 1. The number of H-pyrrole nitrogens is 1. The molecule has 3 heterocycles. The number of aromatic amines is 1. The fourth-order valence-electron chi connectivity index (χ4n) is 4.00. The van der Waals surface area contributed by atoms with Crippen molar-refractivity contribution in [1.29, 1.82) is 0 Å². The summed E-state index contributed by atoms with van der Waals surface area (Å²) in [5, 5.41) is 3.52. The maximum Gasteiger partial charge on any atom is 0.252 e. The van der Waals surface area contributed by atoms with Crippen LogP contribution in [0.25, 0.3) is 11.3 Å². The summed E-state index contributed by atoms with van der Waals surface area (Å²) in [5.74, 6) is 0. The van der Waals surface area contributed by atoms with Crippen LogP contribution in [0, 0.1) is 0 Å². The van der Waals surface area contributed by atoms with E-state index in [1.807, 2.05) is 42.5 Å². The fraction of sp³-hybridized carbons (Fsp3) is 0.450. The van der Waals surface area contributed by atoms with E-state index in [4.69, 9.17) is 4.74 Å². The third kappa shape index (κ3) is 3.40. The number of benzene rings is 1. The molecule has 0 saturated carbocycles. The van der Waals surface area contributed by atoms with Gasteiger partial charge in [-0.25, -0.2) is 0 Å². The second-order valence-corrected chi connectivity index (χ2v) is 7.03. The number of rotatable bonds is 3. The van der Waals surface area contributed by atoms with Crippen molar-refractivity contribution in [3.05, 3.63) is 58.4 Å². The molecule has 2 aliphatic heterocycles. The highest BCUT2D eigenvalue weighted by Crippen LogP contribution is 2.30. The van der Waals surface area contributed by atoms with Crippen LogP contribution in [0.2, 0.25) is 0 Å². The summed E-state index contributed by atoms with van der Waals surface area (Å²) in [6.07, 6.45) is 2.06. The highest BCUT2D eigenvalue weighted by atomic mass is 16.5. The lowest BCUT2D eigenvalue weighted by atomic mass is 9.86. The Labute approximate surface area is 148 Å². The first-order valence-electron chi connectivity index (χ1n) is 9.08. The third-order valence-electron chi connectivity index (χ3n) is 5.54. The number of pyridine rings is 1. The molecule has 0 aliphatic carbocycles. The van der Waals surface area contributed by atoms with Crippen LogP contribution in [0.3, 0.4) is 0 Å². The van der Waals surface area contributed by atoms with Crippen molar-refractivity contribution in [2.45, 2.75) is 24.9 Å². The Kier molecular flexibility index (Phi) is 4.70. The van der Waals surface area contributed by atoms with E-state index >= 15 is 0 Å². The number of hydrogen-bond donors (Lipinski definition) is 2. The van der Waals surface area contributed by atoms with Crippen LogP contribution in [-0.2, 0) is 11.3 Å². The van der Waals surface area contributed by atoms with Crippen molar-refractivity contribution < 1.29 is 4.74 Å². The largest absolute Gasteiger partial charge is 0.381 e. The second kappa shape index (κ2) is 7.12. The van der Waals surface area contributed by atoms with E-state index in [1.54, 1.807) is 0 Å². The molecule has 0 amide bonds. The van der Waals surface area contributed by atoms with Gasteiger partial charge in [0.1, 0.15) is 0 Å². The van der Waals surface area contributed by atoms with Crippen LogP contribution in [0.15, 0.2) is 47.3 Å². The van der Waals surface area contributed by atoms with Crippen molar-refractivity contribution in [2.75, 3.05) is 32.8 Å². The molecule has 2 aliphatic rings. The lowest BCUT2D eigenvalue weighted by molar-refractivity contribution is -0.0446. The summed E-state index contributed by atoms with van der Waals surface area (Å²) in [5.41, 5.74) is 2.89. The zero-order valence-corrected chi connectivity index (χ0v) is 14.5. The molecule has 0 bridgehead atoms. The maximum absolute atomic E-state index is 12.6. The Morgan fingerprint density at radius 3 is 2.64 bits per heavy atom. The molecule has 4 rings (SSSR count). The van der Waals surface area contributed by atoms with Crippen LogP contribution < -0.4 is 10.9 Å². The maximum atomic E-state index is 12.6. The SMILES string of the molecule is O=c1[nH]c(-c2ccccc2)ccc1CN1CCNCC12CCOCC2. The Balaban J connectivity index is 1.56. The van der Waals surface area contributed by atoms with Gasteiger partial charge in [0.05, 0.1) is 0 Å². The minimum Gasteiger partial charge on any atom is -0.381 e. The number of piperazine rings is 1. The van der Waals surface area contributed by atoms with Crippen molar-refractivity contribution in [3.63, 3.8) is 0 Å². The van der Waals surface area contributed by atoms with Crippen molar-refractivity contribution in [1.82, 2.24) is 15.2 Å². The minimum atomic E-state index is 0.0158. The number of nitrogens with zero attached hydrogens (tertiary/aromatic N) is 1. The third-order valence-corrected chi connectivity index (χ3v) is 5.54. The summed E-state index contributed by atoms with van der Waals surface area (Å²) in [6.45, 7) is 5.24. The molecule has 2 N–H and O–H groups in total. The Morgan fingerprint density at radius 2 is 1.88 bits per heavy atom. The molecule has 0 atom stereocenters. The topological polar surface area (TPSA) is 57.4 Å². The van der Waals surface area contributed by atoms with Crippen LogP contribution in [-0.4, -0.2) is 48.3 Å². The van der Waals surface area contributed by atoms with E-state index in [2.05, 4.69) is 15.2 Å². The van der Waals surface area contributed by atoms with Crippen molar-refractivity contribution in [2.24, 2.45) is 0 Å². The molecule has 132 valence electrons. The van der Waals surface area contributed by atoms with Gasteiger partial charge >= 0.3 is 0 Å². The summed E-state index contributed by atoms with van der Waals surface area (Å²) >= 11 is 0. The monoisotopic (exact) mass is 339 g/mol. The summed E-state index contributed by atoms with van der Waals surface area (Å²) in [6, 6.07) is 14.0. The zero-order chi connectivity index (χ0) is 17.1. The van der Waals surface area contributed by atoms with Crippen molar-refractivity contribution >= 4 is 0 Å². The van der Waals surface area contributed by atoms with Gasteiger partial charge in [-0.3, -0.25) is 9.69 Å². The van der Waals surface area contributed by atoms with Gasteiger partial charge in [-0.05, 0) is 24.5 Å². The van der Waals surface area contributed by atoms with Gasteiger partial charge in [-0.2, -0.15) is 0 Å². The molecule has 2 fully saturated rings. The summed E-state index contributed by atoms with van der Waals surface area (Å²) in [7, 11) is 0. The molecule has 1 spiro atoms.